The number of rotatable bonds is 5. The van der Waals surface area contributed by atoms with Crippen LogP contribution in [0, 0.1) is 11.8 Å². The van der Waals surface area contributed by atoms with E-state index in [0.29, 0.717) is 23.6 Å². The highest BCUT2D eigenvalue weighted by Crippen LogP contribution is 2.42. The average Bonchev–Trinajstić information content (AvgIpc) is 3.26. The largest absolute Gasteiger partial charge is 0.465 e. The minimum Gasteiger partial charge on any atom is -0.465 e. The van der Waals surface area contributed by atoms with Gasteiger partial charge in [0.15, 0.2) is 0 Å². The molecule has 0 saturated heterocycles. The smallest absolute Gasteiger partial charge is 0.350 e. The summed E-state index contributed by atoms with van der Waals surface area (Å²) >= 11 is 1.47. The number of ether oxygens (including phenoxy) is 1. The number of hydrogen-bond acceptors (Lipinski definition) is 5. The molecule has 2 fully saturated rings. The number of methoxy groups -OCH3 is 1. The number of esters is 1. The van der Waals surface area contributed by atoms with Crippen LogP contribution in [-0.4, -0.2) is 36.2 Å². The lowest BCUT2D eigenvalue weighted by molar-refractivity contribution is -0.124. The van der Waals surface area contributed by atoms with E-state index in [0.717, 1.165) is 68.4 Å². The molecule has 1 N–H and O–H groups in total. The lowest BCUT2D eigenvalue weighted by Crippen LogP contribution is -2.47. The summed E-state index contributed by atoms with van der Waals surface area (Å²) in [6.45, 7) is 2.26. The quantitative estimate of drug-likeness (QED) is 0.552. The first-order chi connectivity index (χ1) is 15.5. The van der Waals surface area contributed by atoms with E-state index in [2.05, 4.69) is 19.1 Å². The Morgan fingerprint density at radius 3 is 2.41 bits per heavy atom. The van der Waals surface area contributed by atoms with Crippen LogP contribution in [-0.2, 0) is 9.53 Å². The Bertz CT molecular complexity index is 844. The number of allylic oxidation sites excluding steroid dienone is 2. The maximum Gasteiger partial charge on any atom is 0.350 e. The summed E-state index contributed by atoms with van der Waals surface area (Å²) in [5.41, 5.74) is 2.02. The molecule has 176 valence electrons. The highest BCUT2D eigenvalue weighted by Gasteiger charge is 2.37. The summed E-state index contributed by atoms with van der Waals surface area (Å²) in [5.74, 6) is 0.485. The van der Waals surface area contributed by atoms with Crippen LogP contribution in [0.25, 0.3) is 5.57 Å². The fourth-order valence-corrected chi connectivity index (χ4v) is 6.67. The second kappa shape index (κ2) is 10.5. The molecule has 1 aromatic heterocycles. The van der Waals surface area contributed by atoms with E-state index in [1.54, 1.807) is 0 Å². The van der Waals surface area contributed by atoms with Gasteiger partial charge in [-0.25, -0.2) is 4.79 Å². The maximum absolute atomic E-state index is 13.9. The van der Waals surface area contributed by atoms with Crippen molar-refractivity contribution in [3.05, 3.63) is 21.9 Å². The van der Waals surface area contributed by atoms with Gasteiger partial charge in [0.1, 0.15) is 4.88 Å². The van der Waals surface area contributed by atoms with E-state index in [1.807, 2.05) is 4.90 Å². The van der Waals surface area contributed by atoms with Crippen molar-refractivity contribution in [3.63, 3.8) is 0 Å². The lowest BCUT2D eigenvalue weighted by Gasteiger charge is -2.38. The zero-order valence-corrected chi connectivity index (χ0v) is 20.3. The van der Waals surface area contributed by atoms with Crippen molar-refractivity contribution in [2.75, 3.05) is 12.0 Å². The van der Waals surface area contributed by atoms with Gasteiger partial charge in [0.25, 0.3) is 0 Å². The van der Waals surface area contributed by atoms with Gasteiger partial charge in [-0.05, 0) is 94.6 Å². The molecule has 1 amide bonds. The normalized spacial score (nSPS) is 28.7. The van der Waals surface area contributed by atoms with E-state index < -0.39 is 0 Å². The van der Waals surface area contributed by atoms with Crippen molar-refractivity contribution in [2.45, 2.75) is 96.1 Å². The Morgan fingerprint density at radius 1 is 1.06 bits per heavy atom. The van der Waals surface area contributed by atoms with Crippen molar-refractivity contribution < 1.29 is 19.4 Å². The van der Waals surface area contributed by atoms with Gasteiger partial charge in [0.05, 0.1) is 18.9 Å². The van der Waals surface area contributed by atoms with Gasteiger partial charge in [-0.3, -0.25) is 4.79 Å². The van der Waals surface area contributed by atoms with Gasteiger partial charge < -0.3 is 14.7 Å². The van der Waals surface area contributed by atoms with Crippen molar-refractivity contribution >= 4 is 34.5 Å². The predicted molar refractivity (Wildman–Crippen MR) is 129 cm³/mol. The first-order valence-corrected chi connectivity index (χ1v) is 13.2. The molecule has 4 rings (SSSR count). The summed E-state index contributed by atoms with van der Waals surface area (Å²) in [7, 11) is 1.41. The third-order valence-corrected chi connectivity index (χ3v) is 8.76. The van der Waals surface area contributed by atoms with E-state index in [1.165, 1.54) is 30.4 Å². The first kappa shape index (κ1) is 23.5. The summed E-state index contributed by atoms with van der Waals surface area (Å²) in [6.07, 6.45) is 13.4. The monoisotopic (exact) mass is 459 g/mol. The molecule has 0 atom stereocenters. The lowest BCUT2D eigenvalue weighted by atomic mass is 9.81. The van der Waals surface area contributed by atoms with Gasteiger partial charge in [0, 0.05) is 16.8 Å². The molecule has 1 aromatic rings. The van der Waals surface area contributed by atoms with E-state index >= 15 is 0 Å². The molecule has 0 radical (unpaired) electrons. The molecule has 0 spiro atoms. The Kier molecular flexibility index (Phi) is 7.72. The summed E-state index contributed by atoms with van der Waals surface area (Å²) in [6, 6.07) is 2.10. The SMILES string of the molecule is COC(=O)c1sc(C2=CCCCC2)cc1N(C(=O)C1CCC(C)CC1)C1CCC(O)CC1. The van der Waals surface area contributed by atoms with Gasteiger partial charge in [-0.1, -0.05) is 13.0 Å². The number of anilines is 1. The number of carbonyl (C=O) groups is 2. The molecule has 1 heterocycles. The molecule has 2 saturated carbocycles. The zero-order valence-electron chi connectivity index (χ0n) is 19.5. The minimum absolute atomic E-state index is 0.0146. The maximum atomic E-state index is 13.9. The number of nitrogens with zero attached hydrogens (tertiary/aromatic N) is 1. The van der Waals surface area contributed by atoms with Crippen molar-refractivity contribution in [3.8, 4) is 0 Å². The van der Waals surface area contributed by atoms with Crippen LogP contribution in [0.15, 0.2) is 12.1 Å². The topological polar surface area (TPSA) is 66.8 Å². The van der Waals surface area contributed by atoms with Crippen LogP contribution in [0.5, 0.6) is 0 Å². The minimum atomic E-state index is -0.362. The molecule has 32 heavy (non-hydrogen) atoms. The number of amides is 1. The summed E-state index contributed by atoms with van der Waals surface area (Å²) < 4.78 is 5.15. The Labute approximate surface area is 195 Å². The second-order valence-electron chi connectivity index (χ2n) is 9.92. The third-order valence-electron chi connectivity index (χ3n) is 7.58. The van der Waals surface area contributed by atoms with Gasteiger partial charge in [-0.2, -0.15) is 0 Å². The summed E-state index contributed by atoms with van der Waals surface area (Å²) in [4.78, 5) is 30.3. The first-order valence-electron chi connectivity index (χ1n) is 12.4. The van der Waals surface area contributed by atoms with Crippen LogP contribution in [0.3, 0.4) is 0 Å². The van der Waals surface area contributed by atoms with Crippen LogP contribution in [0.4, 0.5) is 5.69 Å². The van der Waals surface area contributed by atoms with Gasteiger partial charge in [-0.15, -0.1) is 11.3 Å². The number of thiophene rings is 1. The number of carbonyl (C=O) groups excluding carboxylic acids is 2. The highest BCUT2D eigenvalue weighted by molar-refractivity contribution is 7.15. The number of hydrogen-bond donors (Lipinski definition) is 1. The van der Waals surface area contributed by atoms with Crippen LogP contribution < -0.4 is 4.90 Å². The molecule has 0 aliphatic heterocycles. The van der Waals surface area contributed by atoms with Crippen LogP contribution in [0.2, 0.25) is 0 Å². The average molecular weight is 460 g/mol. The van der Waals surface area contributed by atoms with E-state index in [4.69, 9.17) is 4.74 Å². The summed E-state index contributed by atoms with van der Waals surface area (Å²) in [5, 5.41) is 10.1. The number of aliphatic hydroxyl groups is 1. The fraction of sp³-hybridized carbons (Fsp3) is 0.692. The predicted octanol–water partition coefficient (Wildman–Crippen LogP) is 5.95. The van der Waals surface area contributed by atoms with E-state index in [-0.39, 0.29) is 29.9 Å². The Balaban J connectivity index is 1.72. The molecule has 0 aromatic carbocycles. The van der Waals surface area contributed by atoms with Crippen LogP contribution in [0.1, 0.15) is 98.5 Å². The molecule has 0 bridgehead atoms. The van der Waals surface area contributed by atoms with Crippen molar-refractivity contribution in [1.82, 2.24) is 0 Å². The number of aliphatic hydroxyl groups excluding tert-OH is 1. The molecule has 5 nitrogen and oxygen atoms in total. The van der Waals surface area contributed by atoms with Crippen molar-refractivity contribution in [2.24, 2.45) is 11.8 Å². The van der Waals surface area contributed by atoms with E-state index in [9.17, 15) is 14.7 Å². The molecular weight excluding hydrogens is 422 g/mol. The second-order valence-corrected chi connectivity index (χ2v) is 11.0. The zero-order chi connectivity index (χ0) is 22.7. The molecule has 3 aliphatic carbocycles. The third kappa shape index (κ3) is 5.12. The standard InChI is InChI=1S/C26H37NO4S/c1-17-8-10-19(11-9-17)25(29)27(20-12-14-21(28)15-13-20)22-16-23(18-6-4-3-5-7-18)32-24(22)26(30)31-2/h6,16-17,19-21,28H,3-5,7-15H2,1-2H3. The van der Waals surface area contributed by atoms with Gasteiger partial charge >= 0.3 is 5.97 Å². The van der Waals surface area contributed by atoms with Crippen LogP contribution >= 0.6 is 11.3 Å². The molecule has 3 aliphatic rings. The molecule has 6 heteroatoms. The molecule has 0 unspecified atom stereocenters. The highest BCUT2D eigenvalue weighted by atomic mass is 32.1. The Morgan fingerprint density at radius 2 is 1.78 bits per heavy atom. The fourth-order valence-electron chi connectivity index (χ4n) is 5.53. The van der Waals surface area contributed by atoms with Gasteiger partial charge in [0.2, 0.25) is 5.91 Å². The molecular formula is C26H37NO4S. The van der Waals surface area contributed by atoms with Crippen molar-refractivity contribution in [1.29, 1.82) is 0 Å². The Hall–Kier alpha value is -1.66.